The number of nitrogens with zero attached hydrogens (tertiary/aromatic N) is 2. The summed E-state index contributed by atoms with van der Waals surface area (Å²) in [7, 11) is 0. The molecule has 1 fully saturated rings. The lowest BCUT2D eigenvalue weighted by molar-refractivity contribution is -0.917. The van der Waals surface area contributed by atoms with Gasteiger partial charge in [-0.2, -0.15) is 0 Å². The first-order valence-corrected chi connectivity index (χ1v) is 7.19. The second kappa shape index (κ2) is 5.80. The Morgan fingerprint density at radius 3 is 2.82 bits per heavy atom. The Balaban J connectivity index is 1.81. The van der Waals surface area contributed by atoms with Crippen molar-refractivity contribution in [3.8, 4) is 0 Å². The number of carbonyl (C=O) groups is 1. The van der Waals surface area contributed by atoms with Crippen LogP contribution >= 0.6 is 22.9 Å². The predicted octanol–water partition coefficient (Wildman–Crippen LogP) is -0.0826. The lowest BCUT2D eigenvalue weighted by Gasteiger charge is -2.31. The molecule has 0 atom stereocenters. The van der Waals surface area contributed by atoms with Crippen molar-refractivity contribution in [3.05, 3.63) is 16.1 Å². The van der Waals surface area contributed by atoms with E-state index in [9.17, 15) is 4.79 Å². The van der Waals surface area contributed by atoms with E-state index in [2.05, 4.69) is 10.4 Å². The van der Waals surface area contributed by atoms with Crippen molar-refractivity contribution in [3.63, 3.8) is 0 Å². The van der Waals surface area contributed by atoms with Gasteiger partial charge in [0.1, 0.15) is 18.1 Å². The van der Waals surface area contributed by atoms with E-state index in [0.717, 1.165) is 37.7 Å². The van der Waals surface area contributed by atoms with Crippen LogP contribution in [-0.4, -0.2) is 47.9 Å². The number of piperazine rings is 1. The summed E-state index contributed by atoms with van der Waals surface area (Å²) in [5.74, 6) is 0.149. The molecule has 1 aliphatic heterocycles. The van der Waals surface area contributed by atoms with Gasteiger partial charge in [-0.1, -0.05) is 0 Å². The van der Waals surface area contributed by atoms with Crippen LogP contribution in [0.4, 0.5) is 0 Å². The van der Waals surface area contributed by atoms with Gasteiger partial charge in [-0.3, -0.25) is 4.79 Å². The van der Waals surface area contributed by atoms with Gasteiger partial charge in [0, 0.05) is 5.38 Å². The first kappa shape index (κ1) is 12.8. The molecule has 1 saturated heterocycles. The van der Waals surface area contributed by atoms with Crippen LogP contribution in [-0.2, 0) is 11.3 Å². The smallest absolute Gasteiger partial charge is 0.237 e. The molecule has 0 spiro atoms. The molecule has 0 radical (unpaired) electrons. The van der Waals surface area contributed by atoms with Gasteiger partial charge in [0.15, 0.2) is 0 Å². The Kier molecular flexibility index (Phi) is 4.36. The number of amides is 1. The summed E-state index contributed by atoms with van der Waals surface area (Å²) in [5, 5.41) is 3.24. The Bertz CT molecular complexity index is 388. The molecule has 2 heterocycles. The van der Waals surface area contributed by atoms with E-state index in [1.165, 1.54) is 10.6 Å². The third kappa shape index (κ3) is 3.40. The van der Waals surface area contributed by atoms with Crippen molar-refractivity contribution in [2.45, 2.75) is 13.5 Å². The normalized spacial score (nSPS) is 17.4. The van der Waals surface area contributed by atoms with E-state index >= 15 is 0 Å². The molecule has 0 saturated carbocycles. The van der Waals surface area contributed by atoms with E-state index in [4.69, 9.17) is 11.6 Å². The largest absolute Gasteiger partial charge is 0.330 e. The van der Waals surface area contributed by atoms with E-state index in [-0.39, 0.29) is 11.8 Å². The molecule has 1 amide bonds. The number of aromatic nitrogens is 1. The zero-order valence-electron chi connectivity index (χ0n) is 9.91. The highest BCUT2D eigenvalue weighted by molar-refractivity contribution is 7.09. The third-order valence-corrected chi connectivity index (χ3v) is 4.09. The Morgan fingerprint density at radius 2 is 2.29 bits per heavy atom. The molecule has 1 aromatic rings. The maximum atomic E-state index is 11.4. The average Bonchev–Trinajstić information content (AvgIpc) is 2.75. The molecule has 1 aliphatic rings. The lowest BCUT2D eigenvalue weighted by atomic mass is 10.3. The monoisotopic (exact) mass is 274 g/mol. The Hall–Kier alpha value is -0.650. The summed E-state index contributed by atoms with van der Waals surface area (Å²) in [6.45, 7) is 6.58. The molecule has 0 bridgehead atoms. The molecule has 17 heavy (non-hydrogen) atoms. The zero-order chi connectivity index (χ0) is 12.3. The second-order valence-corrected chi connectivity index (χ2v) is 5.63. The number of aryl methyl sites for hydroxylation is 1. The number of hydrogen-bond donors (Lipinski definition) is 1. The van der Waals surface area contributed by atoms with Crippen LogP contribution in [0.1, 0.15) is 10.7 Å². The molecular formula is C11H17ClN3OS+. The number of carbonyl (C=O) groups excluding carboxylic acids is 1. The van der Waals surface area contributed by atoms with E-state index < -0.39 is 0 Å². The lowest BCUT2D eigenvalue weighted by Crippen LogP contribution is -3.13. The Morgan fingerprint density at radius 1 is 1.59 bits per heavy atom. The number of rotatable bonds is 3. The third-order valence-electron chi connectivity index (χ3n) is 3.04. The molecule has 0 aromatic carbocycles. The molecule has 2 rings (SSSR count). The summed E-state index contributed by atoms with van der Waals surface area (Å²) < 4.78 is 0. The summed E-state index contributed by atoms with van der Waals surface area (Å²) in [6, 6.07) is 0. The number of halogens is 1. The molecule has 94 valence electrons. The molecular weight excluding hydrogens is 258 g/mol. The molecule has 0 aliphatic carbocycles. The maximum Gasteiger partial charge on any atom is 0.237 e. The number of alkyl halides is 1. The van der Waals surface area contributed by atoms with Gasteiger partial charge in [0.2, 0.25) is 5.91 Å². The van der Waals surface area contributed by atoms with Gasteiger partial charge < -0.3 is 9.80 Å². The quantitative estimate of drug-likeness (QED) is 0.783. The van der Waals surface area contributed by atoms with Gasteiger partial charge >= 0.3 is 0 Å². The SMILES string of the molecule is Cc1nc(C[NH+]2CCN(C(=O)CCl)CC2)cs1. The number of thiazole rings is 1. The van der Waals surface area contributed by atoms with Crippen LogP contribution in [0.5, 0.6) is 0 Å². The van der Waals surface area contributed by atoms with Gasteiger partial charge in [0.25, 0.3) is 0 Å². The molecule has 1 aromatic heterocycles. The van der Waals surface area contributed by atoms with Crippen molar-refractivity contribution in [1.29, 1.82) is 0 Å². The topological polar surface area (TPSA) is 37.6 Å². The molecule has 1 N–H and O–H groups in total. The van der Waals surface area contributed by atoms with Crippen molar-refractivity contribution in [2.24, 2.45) is 0 Å². The predicted molar refractivity (Wildman–Crippen MR) is 68.6 cm³/mol. The molecule has 4 nitrogen and oxygen atoms in total. The van der Waals surface area contributed by atoms with Crippen molar-refractivity contribution < 1.29 is 9.69 Å². The minimum atomic E-state index is 0.0511. The van der Waals surface area contributed by atoms with Crippen LogP contribution in [0.3, 0.4) is 0 Å². The van der Waals surface area contributed by atoms with E-state index in [0.29, 0.717) is 0 Å². The van der Waals surface area contributed by atoms with Gasteiger partial charge in [-0.15, -0.1) is 22.9 Å². The van der Waals surface area contributed by atoms with Crippen LogP contribution in [0.25, 0.3) is 0 Å². The minimum absolute atomic E-state index is 0.0511. The summed E-state index contributed by atoms with van der Waals surface area (Å²) in [5.41, 5.74) is 1.17. The van der Waals surface area contributed by atoms with Crippen LogP contribution in [0.15, 0.2) is 5.38 Å². The number of quaternary nitrogens is 1. The van der Waals surface area contributed by atoms with Crippen molar-refractivity contribution in [2.75, 3.05) is 32.1 Å². The second-order valence-electron chi connectivity index (χ2n) is 4.30. The number of hydrogen-bond acceptors (Lipinski definition) is 3. The Labute approximate surface area is 110 Å². The fourth-order valence-electron chi connectivity index (χ4n) is 2.08. The minimum Gasteiger partial charge on any atom is -0.330 e. The standard InChI is InChI=1S/C11H16ClN3OS/c1-9-13-10(8-17-9)7-14-2-4-15(5-3-14)11(16)6-12/h8H,2-7H2,1H3/p+1. The highest BCUT2D eigenvalue weighted by atomic mass is 35.5. The summed E-state index contributed by atoms with van der Waals surface area (Å²) in [4.78, 5) is 19.2. The van der Waals surface area contributed by atoms with Gasteiger partial charge in [0.05, 0.1) is 31.2 Å². The first-order chi connectivity index (χ1) is 8.19. The van der Waals surface area contributed by atoms with Crippen LogP contribution in [0, 0.1) is 6.92 Å². The summed E-state index contributed by atoms with van der Waals surface area (Å²) in [6.07, 6.45) is 0. The summed E-state index contributed by atoms with van der Waals surface area (Å²) >= 11 is 7.24. The number of nitrogens with one attached hydrogen (secondary N) is 1. The fraction of sp³-hybridized carbons (Fsp3) is 0.636. The van der Waals surface area contributed by atoms with E-state index in [1.807, 2.05) is 11.8 Å². The van der Waals surface area contributed by atoms with Gasteiger partial charge in [-0.05, 0) is 6.92 Å². The highest BCUT2D eigenvalue weighted by Gasteiger charge is 2.23. The van der Waals surface area contributed by atoms with Crippen LogP contribution in [0.2, 0.25) is 0 Å². The zero-order valence-corrected chi connectivity index (χ0v) is 11.5. The van der Waals surface area contributed by atoms with Crippen molar-refractivity contribution in [1.82, 2.24) is 9.88 Å². The molecule has 6 heteroatoms. The molecule has 0 unspecified atom stereocenters. The van der Waals surface area contributed by atoms with Crippen molar-refractivity contribution >= 4 is 28.8 Å². The first-order valence-electron chi connectivity index (χ1n) is 5.77. The van der Waals surface area contributed by atoms with E-state index in [1.54, 1.807) is 11.3 Å². The highest BCUT2D eigenvalue weighted by Crippen LogP contribution is 2.06. The van der Waals surface area contributed by atoms with Gasteiger partial charge in [-0.25, -0.2) is 4.98 Å². The van der Waals surface area contributed by atoms with Crippen LogP contribution < -0.4 is 4.90 Å². The maximum absolute atomic E-state index is 11.4. The average molecular weight is 275 g/mol. The fourth-order valence-corrected chi connectivity index (χ4v) is 2.86.